The van der Waals surface area contributed by atoms with Crippen molar-refractivity contribution in [1.29, 1.82) is 5.41 Å². The summed E-state index contributed by atoms with van der Waals surface area (Å²) in [5.74, 6) is 0.0107. The summed E-state index contributed by atoms with van der Waals surface area (Å²) in [4.78, 5) is 27.8. The van der Waals surface area contributed by atoms with Gasteiger partial charge in [0.1, 0.15) is 11.5 Å². The standard InChI is InChI=1S/C19H14N4O4S/c1-10-22-23-16(20)14(17(24)21-19(23)28-10)9-13-7-8-15(27-13)11-3-5-12(6-4-11)18(25)26-2/h3-9,20H,1-2H3/b14-9-,20-16?. The first-order chi connectivity index (χ1) is 13.5. The third kappa shape index (κ3) is 3.16. The van der Waals surface area contributed by atoms with Crippen molar-refractivity contribution in [3.8, 4) is 11.3 Å². The molecule has 2 aliphatic heterocycles. The fourth-order valence-electron chi connectivity index (χ4n) is 2.70. The van der Waals surface area contributed by atoms with Crippen molar-refractivity contribution >= 4 is 45.8 Å². The molecule has 0 radical (unpaired) electrons. The fourth-order valence-corrected chi connectivity index (χ4v) is 3.44. The summed E-state index contributed by atoms with van der Waals surface area (Å²) in [7, 11) is 1.33. The number of amidine groups is 2. The van der Waals surface area contributed by atoms with Crippen molar-refractivity contribution in [1.82, 2.24) is 5.01 Å². The van der Waals surface area contributed by atoms with E-state index in [1.807, 2.05) is 0 Å². The molecule has 4 rings (SSSR count). The zero-order chi connectivity index (χ0) is 19.8. The molecular weight excluding hydrogens is 380 g/mol. The van der Waals surface area contributed by atoms with Gasteiger partial charge in [-0.15, -0.1) is 0 Å². The van der Waals surface area contributed by atoms with Gasteiger partial charge in [0, 0.05) is 5.56 Å². The number of rotatable bonds is 3. The van der Waals surface area contributed by atoms with Crippen LogP contribution in [0.5, 0.6) is 0 Å². The molecule has 1 N–H and O–H groups in total. The van der Waals surface area contributed by atoms with Gasteiger partial charge in [-0.1, -0.05) is 12.1 Å². The van der Waals surface area contributed by atoms with Gasteiger partial charge in [0.2, 0.25) is 5.17 Å². The van der Waals surface area contributed by atoms with Crippen LogP contribution in [-0.2, 0) is 9.53 Å². The van der Waals surface area contributed by atoms with Crippen molar-refractivity contribution < 1.29 is 18.7 Å². The molecule has 9 heteroatoms. The van der Waals surface area contributed by atoms with Gasteiger partial charge in [-0.05, 0) is 49.0 Å². The second-order valence-corrected chi connectivity index (χ2v) is 7.07. The predicted octanol–water partition coefficient (Wildman–Crippen LogP) is 3.37. The zero-order valence-electron chi connectivity index (χ0n) is 14.9. The molecule has 8 nitrogen and oxygen atoms in total. The number of thioether (sulfide) groups is 1. The molecule has 0 atom stereocenters. The first-order valence-electron chi connectivity index (χ1n) is 8.21. The Kier molecular flexibility index (Phi) is 4.44. The highest BCUT2D eigenvalue weighted by molar-refractivity contribution is 8.26. The minimum Gasteiger partial charge on any atom is -0.465 e. The van der Waals surface area contributed by atoms with Crippen molar-refractivity contribution in [2.45, 2.75) is 6.92 Å². The Morgan fingerprint density at radius 1 is 1.25 bits per heavy atom. The summed E-state index contributed by atoms with van der Waals surface area (Å²) >= 11 is 1.25. The van der Waals surface area contributed by atoms with E-state index >= 15 is 0 Å². The van der Waals surface area contributed by atoms with E-state index in [-0.39, 0.29) is 11.4 Å². The van der Waals surface area contributed by atoms with E-state index < -0.39 is 11.9 Å². The van der Waals surface area contributed by atoms with Crippen LogP contribution in [0.3, 0.4) is 0 Å². The van der Waals surface area contributed by atoms with Gasteiger partial charge in [-0.25, -0.2) is 4.79 Å². The molecule has 1 aromatic heterocycles. The predicted molar refractivity (Wildman–Crippen MR) is 106 cm³/mol. The van der Waals surface area contributed by atoms with Crippen molar-refractivity contribution in [3.63, 3.8) is 0 Å². The van der Waals surface area contributed by atoms with Crippen LogP contribution in [0.2, 0.25) is 0 Å². The molecule has 1 amide bonds. The normalized spacial score (nSPS) is 17.5. The monoisotopic (exact) mass is 394 g/mol. The molecule has 140 valence electrons. The first-order valence-corrected chi connectivity index (χ1v) is 9.03. The number of aliphatic imine (C=N–C) groups is 1. The topological polar surface area (TPSA) is 108 Å². The lowest BCUT2D eigenvalue weighted by Crippen LogP contribution is -2.35. The van der Waals surface area contributed by atoms with E-state index in [1.165, 1.54) is 30.0 Å². The van der Waals surface area contributed by atoms with Crippen molar-refractivity contribution in [2.24, 2.45) is 10.1 Å². The van der Waals surface area contributed by atoms with Crippen molar-refractivity contribution in [2.75, 3.05) is 7.11 Å². The van der Waals surface area contributed by atoms with Crippen molar-refractivity contribution in [3.05, 3.63) is 53.3 Å². The van der Waals surface area contributed by atoms with E-state index in [0.29, 0.717) is 27.3 Å². The molecule has 2 aromatic rings. The van der Waals surface area contributed by atoms with Gasteiger partial charge >= 0.3 is 5.97 Å². The Hall–Kier alpha value is -3.46. The van der Waals surface area contributed by atoms with E-state index in [0.717, 1.165) is 5.56 Å². The van der Waals surface area contributed by atoms with Crippen LogP contribution >= 0.6 is 11.8 Å². The second kappa shape index (κ2) is 6.93. The first kappa shape index (κ1) is 17.9. The van der Waals surface area contributed by atoms with Gasteiger partial charge in [0.25, 0.3) is 5.91 Å². The average molecular weight is 394 g/mol. The average Bonchev–Trinajstić information content (AvgIpc) is 3.31. The largest absolute Gasteiger partial charge is 0.465 e. The molecular formula is C19H14N4O4S. The number of hydrazone groups is 1. The Morgan fingerprint density at radius 3 is 2.71 bits per heavy atom. The number of amides is 1. The van der Waals surface area contributed by atoms with Crippen LogP contribution in [0, 0.1) is 5.41 Å². The number of furan rings is 1. The summed E-state index contributed by atoms with van der Waals surface area (Å²) in [6, 6.07) is 10.2. The molecule has 28 heavy (non-hydrogen) atoms. The minimum atomic E-state index is -0.506. The SMILES string of the molecule is COC(=O)c1ccc(-c2ccc(/C=C3/C(=N)N4N=C(C)SC4=NC3=O)o2)cc1. The molecule has 3 heterocycles. The maximum absolute atomic E-state index is 12.3. The van der Waals surface area contributed by atoms with Gasteiger partial charge in [-0.2, -0.15) is 15.1 Å². The molecule has 0 fully saturated rings. The number of carbonyl (C=O) groups is 2. The number of nitrogens with zero attached hydrogens (tertiary/aromatic N) is 3. The Labute approximate surface area is 164 Å². The summed E-state index contributed by atoms with van der Waals surface area (Å²) in [6.45, 7) is 1.79. The summed E-state index contributed by atoms with van der Waals surface area (Å²) in [6.07, 6.45) is 1.48. The lowest BCUT2D eigenvalue weighted by Gasteiger charge is -2.19. The number of esters is 1. The third-order valence-electron chi connectivity index (χ3n) is 4.06. The second-order valence-electron chi connectivity index (χ2n) is 5.91. The molecule has 0 saturated carbocycles. The van der Waals surface area contributed by atoms with Crippen LogP contribution in [0.15, 0.2) is 56.5 Å². The Morgan fingerprint density at radius 2 is 2.00 bits per heavy atom. The van der Waals surface area contributed by atoms with Crippen LogP contribution in [0.4, 0.5) is 0 Å². The highest BCUT2D eigenvalue weighted by atomic mass is 32.2. The molecule has 2 aliphatic rings. The lowest BCUT2D eigenvalue weighted by molar-refractivity contribution is -0.114. The van der Waals surface area contributed by atoms with Gasteiger partial charge < -0.3 is 9.15 Å². The number of nitrogens with one attached hydrogen (secondary N) is 1. The third-order valence-corrected chi connectivity index (χ3v) is 4.88. The molecule has 0 saturated heterocycles. The zero-order valence-corrected chi connectivity index (χ0v) is 15.7. The van der Waals surface area contributed by atoms with E-state index in [4.69, 9.17) is 9.83 Å². The highest BCUT2D eigenvalue weighted by Crippen LogP contribution is 2.29. The van der Waals surface area contributed by atoms with Crippen LogP contribution < -0.4 is 0 Å². The van der Waals surface area contributed by atoms with Crippen LogP contribution in [0.25, 0.3) is 17.4 Å². The van der Waals surface area contributed by atoms with Gasteiger partial charge in [0.05, 0.1) is 23.3 Å². The molecule has 0 aliphatic carbocycles. The number of hydrogen-bond acceptors (Lipinski definition) is 7. The smallest absolute Gasteiger partial charge is 0.337 e. The van der Waals surface area contributed by atoms with E-state index in [2.05, 4.69) is 14.8 Å². The van der Waals surface area contributed by atoms with Crippen LogP contribution in [-0.4, -0.2) is 40.0 Å². The molecule has 0 bridgehead atoms. The van der Waals surface area contributed by atoms with Gasteiger partial charge in [0.15, 0.2) is 5.84 Å². The maximum atomic E-state index is 12.3. The number of fused-ring (bicyclic) bond motifs is 1. The van der Waals surface area contributed by atoms with E-state index in [1.54, 1.807) is 43.3 Å². The van der Waals surface area contributed by atoms with Crippen LogP contribution in [0.1, 0.15) is 23.0 Å². The number of ether oxygens (including phenoxy) is 1. The number of hydrogen-bond donors (Lipinski definition) is 1. The molecule has 0 unspecified atom stereocenters. The van der Waals surface area contributed by atoms with Gasteiger partial charge in [-0.3, -0.25) is 10.2 Å². The van der Waals surface area contributed by atoms with E-state index in [9.17, 15) is 9.59 Å². The minimum absolute atomic E-state index is 0.0419. The number of carbonyl (C=O) groups excluding carboxylic acids is 2. The summed E-state index contributed by atoms with van der Waals surface area (Å²) in [5.41, 5.74) is 1.30. The summed E-state index contributed by atoms with van der Waals surface area (Å²) < 4.78 is 10.5. The lowest BCUT2D eigenvalue weighted by atomic mass is 10.1. The molecule has 0 spiro atoms. The maximum Gasteiger partial charge on any atom is 0.337 e. The summed E-state index contributed by atoms with van der Waals surface area (Å²) in [5, 5.41) is 14.9. The molecule has 1 aromatic carbocycles. The fraction of sp³-hybridized carbons (Fsp3) is 0.105. The highest BCUT2D eigenvalue weighted by Gasteiger charge is 2.34. The quantitative estimate of drug-likeness (QED) is 0.632. The Balaban J connectivity index is 1.60. The number of benzene rings is 1. The Bertz CT molecular complexity index is 1100. The number of methoxy groups -OCH3 is 1.